The van der Waals surface area contributed by atoms with Crippen molar-refractivity contribution in [1.29, 1.82) is 0 Å². The molecule has 0 aromatic rings. The van der Waals surface area contributed by atoms with Crippen molar-refractivity contribution in [2.45, 2.75) is 251 Å². The molecule has 2 unspecified atom stereocenters. The molecular formula is C54H105NO7P+. The summed E-state index contributed by atoms with van der Waals surface area (Å²) in [6, 6.07) is 0. The third-order valence-corrected chi connectivity index (χ3v) is 12.7. The number of allylic oxidation sites excluding steroid dienone is 6. The molecule has 0 aliphatic heterocycles. The molecule has 0 rings (SSSR count). The minimum atomic E-state index is -4.28. The SMILES string of the molecule is CCCCCCC/C=C\C/C=C\C/C=C\CCCCCCCCCCC(=O)OC(COCCCCCCCCCCCCCCCCCCCC)COP(=O)(O)OCC[N+](C)(C)C. The number of carbonyl (C=O) groups excluding carboxylic acids is 1. The average Bonchev–Trinajstić information content (AvgIpc) is 3.24. The summed E-state index contributed by atoms with van der Waals surface area (Å²) in [5.41, 5.74) is 0. The molecule has 0 radical (unpaired) electrons. The summed E-state index contributed by atoms with van der Waals surface area (Å²) >= 11 is 0. The molecular weight excluding hydrogens is 806 g/mol. The number of unbranched alkanes of at least 4 members (excludes halogenated alkanes) is 30. The largest absolute Gasteiger partial charge is 0.472 e. The minimum Gasteiger partial charge on any atom is -0.457 e. The Labute approximate surface area is 391 Å². The summed E-state index contributed by atoms with van der Waals surface area (Å²) in [7, 11) is 1.67. The number of quaternary nitrogens is 1. The first-order chi connectivity index (χ1) is 30.6. The fourth-order valence-electron chi connectivity index (χ4n) is 7.56. The van der Waals surface area contributed by atoms with Gasteiger partial charge in [-0.1, -0.05) is 224 Å². The van der Waals surface area contributed by atoms with Crippen molar-refractivity contribution >= 4 is 13.8 Å². The Bertz CT molecular complexity index is 1100. The van der Waals surface area contributed by atoms with E-state index in [1.54, 1.807) is 0 Å². The van der Waals surface area contributed by atoms with E-state index in [9.17, 15) is 14.3 Å². The summed E-state index contributed by atoms with van der Waals surface area (Å²) < 4.78 is 35.2. The van der Waals surface area contributed by atoms with Crippen LogP contribution in [0.3, 0.4) is 0 Å². The quantitative estimate of drug-likeness (QED) is 0.0214. The Kier molecular flexibility index (Phi) is 46.3. The van der Waals surface area contributed by atoms with Crippen molar-refractivity contribution in [3.05, 3.63) is 36.5 Å². The average molecular weight is 911 g/mol. The van der Waals surface area contributed by atoms with Crippen LogP contribution in [0, 0.1) is 0 Å². The maximum atomic E-state index is 12.8. The Morgan fingerprint density at radius 3 is 1.30 bits per heavy atom. The first kappa shape index (κ1) is 61.7. The van der Waals surface area contributed by atoms with E-state index in [-0.39, 0.29) is 25.8 Å². The number of phosphoric acid groups is 1. The van der Waals surface area contributed by atoms with Gasteiger partial charge in [-0.25, -0.2) is 4.57 Å². The van der Waals surface area contributed by atoms with E-state index in [1.807, 2.05) is 21.1 Å². The lowest BCUT2D eigenvalue weighted by Crippen LogP contribution is -2.37. The number of hydrogen-bond donors (Lipinski definition) is 1. The molecule has 0 aliphatic carbocycles. The van der Waals surface area contributed by atoms with Gasteiger partial charge in [-0.3, -0.25) is 13.8 Å². The zero-order valence-corrected chi connectivity index (χ0v) is 43.2. The molecule has 63 heavy (non-hydrogen) atoms. The standard InChI is InChI=1S/C54H104NO7P/c1-6-8-10-12-14-16-18-20-22-24-26-27-28-29-30-31-33-35-37-39-41-43-45-47-54(56)62-53(52-61-63(57,58)60-50-48-55(3,4)5)51-59-49-46-44-42-40-38-36-34-32-25-23-21-19-17-15-13-11-9-7-2/h18,20,24,26,28-29,53H,6-17,19,21-23,25,27,30-52H2,1-5H3/p+1/b20-18-,26-24-,29-28-. The monoisotopic (exact) mass is 911 g/mol. The number of phosphoric ester groups is 1. The van der Waals surface area contributed by atoms with Crippen molar-refractivity contribution in [2.24, 2.45) is 0 Å². The molecule has 0 amide bonds. The third kappa shape index (κ3) is 51.6. The number of ether oxygens (including phenoxy) is 2. The maximum Gasteiger partial charge on any atom is 0.472 e. The molecule has 0 saturated heterocycles. The zero-order valence-electron chi connectivity index (χ0n) is 42.3. The number of carbonyl (C=O) groups is 1. The molecule has 0 saturated carbocycles. The Hall–Kier alpha value is -1.28. The molecule has 9 heteroatoms. The van der Waals surface area contributed by atoms with Gasteiger partial charge in [0, 0.05) is 13.0 Å². The Morgan fingerprint density at radius 2 is 0.873 bits per heavy atom. The van der Waals surface area contributed by atoms with Crippen LogP contribution in [-0.2, 0) is 27.9 Å². The third-order valence-electron chi connectivity index (χ3n) is 11.7. The second-order valence-corrected chi connectivity index (χ2v) is 20.7. The highest BCUT2D eigenvalue weighted by Gasteiger charge is 2.26. The molecule has 0 aliphatic rings. The topological polar surface area (TPSA) is 91.3 Å². The maximum absolute atomic E-state index is 12.8. The van der Waals surface area contributed by atoms with Gasteiger partial charge in [0.2, 0.25) is 0 Å². The summed E-state index contributed by atoms with van der Waals surface area (Å²) in [6.07, 6.45) is 57.6. The number of hydrogen-bond acceptors (Lipinski definition) is 6. The smallest absolute Gasteiger partial charge is 0.457 e. The van der Waals surface area contributed by atoms with Crippen molar-refractivity contribution in [2.75, 3.05) is 54.1 Å². The molecule has 2 atom stereocenters. The van der Waals surface area contributed by atoms with Crippen LogP contribution in [0.5, 0.6) is 0 Å². The van der Waals surface area contributed by atoms with Gasteiger partial charge >= 0.3 is 13.8 Å². The van der Waals surface area contributed by atoms with Crippen molar-refractivity contribution in [3.8, 4) is 0 Å². The van der Waals surface area contributed by atoms with Crippen molar-refractivity contribution < 1.29 is 37.3 Å². The summed E-state index contributed by atoms with van der Waals surface area (Å²) in [5, 5.41) is 0. The van der Waals surface area contributed by atoms with Gasteiger partial charge in [-0.15, -0.1) is 0 Å². The van der Waals surface area contributed by atoms with E-state index in [1.165, 1.54) is 173 Å². The highest BCUT2D eigenvalue weighted by atomic mass is 31.2. The molecule has 372 valence electrons. The second-order valence-electron chi connectivity index (χ2n) is 19.3. The number of esters is 1. The van der Waals surface area contributed by atoms with E-state index in [0.717, 1.165) is 51.4 Å². The van der Waals surface area contributed by atoms with Gasteiger partial charge in [0.15, 0.2) is 0 Å². The number of likely N-dealkylation sites (N-methyl/N-ethyl adjacent to an activating group) is 1. The van der Waals surface area contributed by atoms with Gasteiger partial charge in [0.05, 0.1) is 34.4 Å². The summed E-state index contributed by atoms with van der Waals surface area (Å²) in [5.74, 6) is -0.317. The predicted molar refractivity (Wildman–Crippen MR) is 270 cm³/mol. The molecule has 0 aromatic carbocycles. The van der Waals surface area contributed by atoms with Gasteiger partial charge in [0.25, 0.3) is 0 Å². The van der Waals surface area contributed by atoms with Crippen LogP contribution in [0.25, 0.3) is 0 Å². The molecule has 0 heterocycles. The molecule has 0 aromatic heterocycles. The van der Waals surface area contributed by atoms with Gasteiger partial charge in [0.1, 0.15) is 19.3 Å². The number of rotatable bonds is 50. The van der Waals surface area contributed by atoms with Gasteiger partial charge < -0.3 is 18.9 Å². The van der Waals surface area contributed by atoms with Crippen LogP contribution in [0.1, 0.15) is 245 Å². The van der Waals surface area contributed by atoms with Gasteiger partial charge in [-0.2, -0.15) is 0 Å². The Balaban J connectivity index is 4.12. The van der Waals surface area contributed by atoms with Crippen molar-refractivity contribution in [1.82, 2.24) is 0 Å². The first-order valence-electron chi connectivity index (χ1n) is 26.7. The van der Waals surface area contributed by atoms with Crippen LogP contribution in [0.4, 0.5) is 0 Å². The normalized spacial score (nSPS) is 13.8. The fraction of sp³-hybridized carbons (Fsp3) is 0.870. The van der Waals surface area contributed by atoms with E-state index >= 15 is 0 Å². The summed E-state index contributed by atoms with van der Waals surface area (Å²) in [6.45, 7) is 5.65. The van der Waals surface area contributed by atoms with Crippen LogP contribution in [0.15, 0.2) is 36.5 Å². The number of nitrogens with zero attached hydrogens (tertiary/aromatic N) is 1. The van der Waals surface area contributed by atoms with Crippen LogP contribution in [-0.4, -0.2) is 75.6 Å². The van der Waals surface area contributed by atoms with Crippen LogP contribution < -0.4 is 0 Å². The molecule has 8 nitrogen and oxygen atoms in total. The lowest BCUT2D eigenvalue weighted by atomic mass is 10.0. The predicted octanol–water partition coefficient (Wildman–Crippen LogP) is 16.5. The van der Waals surface area contributed by atoms with Crippen LogP contribution >= 0.6 is 7.82 Å². The molecule has 0 spiro atoms. The zero-order chi connectivity index (χ0) is 46.2. The highest BCUT2D eigenvalue weighted by molar-refractivity contribution is 7.47. The summed E-state index contributed by atoms with van der Waals surface area (Å²) in [4.78, 5) is 23.0. The minimum absolute atomic E-state index is 0.0882. The molecule has 0 fully saturated rings. The lowest BCUT2D eigenvalue weighted by molar-refractivity contribution is -0.870. The molecule has 1 N–H and O–H groups in total. The van der Waals surface area contributed by atoms with Crippen molar-refractivity contribution in [3.63, 3.8) is 0 Å². The first-order valence-corrected chi connectivity index (χ1v) is 28.2. The molecule has 0 bridgehead atoms. The highest BCUT2D eigenvalue weighted by Crippen LogP contribution is 2.43. The van der Waals surface area contributed by atoms with E-state index in [2.05, 4.69) is 50.3 Å². The fourth-order valence-corrected chi connectivity index (χ4v) is 8.30. The van der Waals surface area contributed by atoms with Gasteiger partial charge in [-0.05, 0) is 51.4 Å². The van der Waals surface area contributed by atoms with E-state index in [4.69, 9.17) is 18.5 Å². The lowest BCUT2D eigenvalue weighted by Gasteiger charge is -2.24. The van der Waals surface area contributed by atoms with Crippen LogP contribution in [0.2, 0.25) is 0 Å². The second kappa shape index (κ2) is 47.2. The van der Waals surface area contributed by atoms with E-state index < -0.39 is 13.9 Å². The van der Waals surface area contributed by atoms with E-state index in [0.29, 0.717) is 24.1 Å². The Morgan fingerprint density at radius 1 is 0.492 bits per heavy atom.